The third kappa shape index (κ3) is 3.98. The van der Waals surface area contributed by atoms with Crippen LogP contribution in [0.3, 0.4) is 0 Å². The van der Waals surface area contributed by atoms with Crippen LogP contribution in [0.25, 0.3) is 5.69 Å². The van der Waals surface area contributed by atoms with Crippen molar-refractivity contribution in [3.05, 3.63) is 36.7 Å². The van der Waals surface area contributed by atoms with Gasteiger partial charge in [-0.05, 0) is 37.8 Å². The Morgan fingerprint density at radius 1 is 1.29 bits per heavy atom. The molecule has 6 heteroatoms. The molecule has 1 aliphatic rings. The second-order valence-corrected chi connectivity index (χ2v) is 7.76. The Morgan fingerprint density at radius 2 is 2.04 bits per heavy atom. The topological polar surface area (TPSA) is 59.8 Å². The van der Waals surface area contributed by atoms with Crippen molar-refractivity contribution in [2.75, 3.05) is 0 Å². The van der Waals surface area contributed by atoms with Gasteiger partial charge < -0.3 is 5.32 Å². The number of carbonyl (C=O) groups is 1. The molecule has 1 heterocycles. The lowest BCUT2D eigenvalue weighted by Gasteiger charge is -2.30. The molecular formula is C18H24N4OS. The van der Waals surface area contributed by atoms with Gasteiger partial charge in [-0.2, -0.15) is 0 Å². The zero-order chi connectivity index (χ0) is 16.9. The van der Waals surface area contributed by atoms with Crippen LogP contribution >= 0.6 is 11.8 Å². The van der Waals surface area contributed by atoms with Gasteiger partial charge in [-0.15, -0.1) is 10.2 Å². The van der Waals surface area contributed by atoms with Gasteiger partial charge in [-0.1, -0.05) is 49.7 Å². The minimum atomic E-state index is -0.203. The summed E-state index contributed by atoms with van der Waals surface area (Å²) in [4.78, 5) is 12.5. The van der Waals surface area contributed by atoms with Gasteiger partial charge in [-0.25, -0.2) is 0 Å². The lowest BCUT2D eigenvalue weighted by molar-refractivity contribution is -0.121. The van der Waals surface area contributed by atoms with E-state index < -0.39 is 0 Å². The lowest BCUT2D eigenvalue weighted by atomic mass is 9.86. The first-order valence-corrected chi connectivity index (χ1v) is 9.45. The average Bonchev–Trinajstić information content (AvgIpc) is 3.05. The molecule has 1 N–H and O–H groups in total. The highest BCUT2D eigenvalue weighted by atomic mass is 32.2. The fraction of sp³-hybridized carbons (Fsp3) is 0.500. The number of hydrogen-bond acceptors (Lipinski definition) is 4. The summed E-state index contributed by atoms with van der Waals surface area (Å²) in [6.07, 6.45) is 6.46. The number of carbonyl (C=O) groups excluding carboxylic acids is 1. The molecule has 1 fully saturated rings. The molecule has 5 nitrogen and oxygen atoms in total. The number of para-hydroxylation sites is 1. The zero-order valence-corrected chi connectivity index (χ0v) is 15.0. The minimum Gasteiger partial charge on any atom is -0.352 e. The fourth-order valence-electron chi connectivity index (χ4n) is 3.11. The molecule has 3 atom stereocenters. The monoisotopic (exact) mass is 344 g/mol. The molecule has 1 aromatic carbocycles. The average molecular weight is 344 g/mol. The van der Waals surface area contributed by atoms with Crippen LogP contribution in [0, 0.1) is 5.92 Å². The Hall–Kier alpha value is -1.82. The van der Waals surface area contributed by atoms with E-state index in [0.717, 1.165) is 17.3 Å². The van der Waals surface area contributed by atoms with Crippen molar-refractivity contribution in [1.29, 1.82) is 0 Å². The molecule has 24 heavy (non-hydrogen) atoms. The SMILES string of the molecule is CC(Sc1nncn1-c1ccccc1)C(=O)NC1CCCCC1C. The summed E-state index contributed by atoms with van der Waals surface area (Å²) in [6, 6.07) is 10.2. The first kappa shape index (κ1) is 17.0. The van der Waals surface area contributed by atoms with Crippen molar-refractivity contribution in [3.63, 3.8) is 0 Å². The van der Waals surface area contributed by atoms with Crippen LogP contribution < -0.4 is 5.32 Å². The predicted molar refractivity (Wildman–Crippen MR) is 96.2 cm³/mol. The summed E-state index contributed by atoms with van der Waals surface area (Å²) in [5.41, 5.74) is 0.999. The summed E-state index contributed by atoms with van der Waals surface area (Å²) in [6.45, 7) is 4.16. The Kier molecular flexibility index (Phi) is 5.56. The zero-order valence-electron chi connectivity index (χ0n) is 14.2. The highest BCUT2D eigenvalue weighted by Crippen LogP contribution is 2.26. The Bertz CT molecular complexity index is 673. The van der Waals surface area contributed by atoms with Crippen molar-refractivity contribution in [1.82, 2.24) is 20.1 Å². The van der Waals surface area contributed by atoms with E-state index in [1.54, 1.807) is 6.33 Å². The number of hydrogen-bond donors (Lipinski definition) is 1. The standard InChI is InChI=1S/C18H24N4OS/c1-13-8-6-7-11-16(13)20-17(23)14(2)24-18-21-19-12-22(18)15-9-4-3-5-10-15/h3-5,9-10,12-14,16H,6-8,11H2,1-2H3,(H,20,23). The van der Waals surface area contributed by atoms with Crippen molar-refractivity contribution in [3.8, 4) is 5.69 Å². The summed E-state index contributed by atoms with van der Waals surface area (Å²) in [5.74, 6) is 0.647. The molecule has 0 radical (unpaired) electrons. The molecule has 0 spiro atoms. The van der Waals surface area contributed by atoms with E-state index in [1.807, 2.05) is 41.8 Å². The van der Waals surface area contributed by atoms with E-state index in [2.05, 4.69) is 22.4 Å². The van der Waals surface area contributed by atoms with Crippen molar-refractivity contribution in [2.45, 2.75) is 56.0 Å². The van der Waals surface area contributed by atoms with Crippen LogP contribution in [-0.2, 0) is 4.79 Å². The second-order valence-electron chi connectivity index (χ2n) is 6.46. The smallest absolute Gasteiger partial charge is 0.233 e. The molecule has 0 bridgehead atoms. The molecule has 0 saturated heterocycles. The number of amides is 1. The number of aromatic nitrogens is 3. The number of thioether (sulfide) groups is 1. The van der Waals surface area contributed by atoms with Crippen LogP contribution in [0.1, 0.15) is 39.5 Å². The molecule has 1 saturated carbocycles. The van der Waals surface area contributed by atoms with E-state index in [-0.39, 0.29) is 11.2 Å². The van der Waals surface area contributed by atoms with Gasteiger partial charge in [0.2, 0.25) is 5.91 Å². The first-order valence-electron chi connectivity index (χ1n) is 8.57. The van der Waals surface area contributed by atoms with Crippen LogP contribution in [0.15, 0.2) is 41.8 Å². The largest absolute Gasteiger partial charge is 0.352 e. The van der Waals surface area contributed by atoms with Gasteiger partial charge >= 0.3 is 0 Å². The maximum Gasteiger partial charge on any atom is 0.233 e. The molecule has 3 unspecified atom stereocenters. The van der Waals surface area contributed by atoms with Crippen LogP contribution in [0.4, 0.5) is 0 Å². The molecule has 1 aromatic heterocycles. The highest BCUT2D eigenvalue weighted by Gasteiger charge is 2.26. The van der Waals surface area contributed by atoms with E-state index in [1.165, 1.54) is 31.0 Å². The maximum atomic E-state index is 12.5. The van der Waals surface area contributed by atoms with Crippen LogP contribution in [-0.4, -0.2) is 32.0 Å². The van der Waals surface area contributed by atoms with Gasteiger partial charge in [0, 0.05) is 11.7 Å². The Balaban J connectivity index is 1.64. The summed E-state index contributed by atoms with van der Waals surface area (Å²) in [7, 11) is 0. The number of nitrogens with zero attached hydrogens (tertiary/aromatic N) is 3. The third-order valence-electron chi connectivity index (χ3n) is 4.64. The Labute approximate surface area is 147 Å². The number of nitrogens with one attached hydrogen (secondary N) is 1. The maximum absolute atomic E-state index is 12.5. The van der Waals surface area contributed by atoms with E-state index in [9.17, 15) is 4.79 Å². The molecule has 128 valence electrons. The second kappa shape index (κ2) is 7.83. The molecule has 3 rings (SSSR count). The van der Waals surface area contributed by atoms with Gasteiger partial charge in [0.05, 0.1) is 5.25 Å². The summed E-state index contributed by atoms with van der Waals surface area (Å²) < 4.78 is 1.91. The van der Waals surface area contributed by atoms with E-state index in [4.69, 9.17) is 0 Å². The number of benzene rings is 1. The third-order valence-corrected chi connectivity index (χ3v) is 5.70. The lowest BCUT2D eigenvalue weighted by Crippen LogP contribution is -2.44. The normalized spacial score (nSPS) is 22.1. The van der Waals surface area contributed by atoms with Crippen LogP contribution in [0.5, 0.6) is 0 Å². The predicted octanol–water partition coefficient (Wildman–Crippen LogP) is 3.44. The van der Waals surface area contributed by atoms with Gasteiger partial charge in [0.1, 0.15) is 6.33 Å². The molecule has 0 aliphatic heterocycles. The fourth-order valence-corrected chi connectivity index (χ4v) is 3.96. The molecule has 1 amide bonds. The van der Waals surface area contributed by atoms with Gasteiger partial charge in [0.25, 0.3) is 0 Å². The molecule has 2 aromatic rings. The number of rotatable bonds is 5. The minimum absolute atomic E-state index is 0.0846. The van der Waals surface area contributed by atoms with Crippen LogP contribution in [0.2, 0.25) is 0 Å². The van der Waals surface area contributed by atoms with Gasteiger partial charge in [0.15, 0.2) is 5.16 Å². The van der Waals surface area contributed by atoms with Gasteiger partial charge in [-0.3, -0.25) is 9.36 Å². The molecule has 1 aliphatic carbocycles. The quantitative estimate of drug-likeness (QED) is 0.844. The van der Waals surface area contributed by atoms with Crippen molar-refractivity contribution >= 4 is 17.7 Å². The highest BCUT2D eigenvalue weighted by molar-refractivity contribution is 8.00. The molecular weight excluding hydrogens is 320 g/mol. The Morgan fingerprint density at radius 3 is 2.79 bits per heavy atom. The van der Waals surface area contributed by atoms with E-state index in [0.29, 0.717) is 12.0 Å². The summed E-state index contributed by atoms with van der Waals surface area (Å²) >= 11 is 1.45. The van der Waals surface area contributed by atoms with Crippen molar-refractivity contribution in [2.24, 2.45) is 5.92 Å². The first-order chi connectivity index (χ1) is 11.6. The van der Waals surface area contributed by atoms with E-state index >= 15 is 0 Å². The van der Waals surface area contributed by atoms with Crippen molar-refractivity contribution < 1.29 is 4.79 Å². The summed E-state index contributed by atoms with van der Waals surface area (Å²) in [5, 5.41) is 11.9.